The number of pyridine rings is 1. The van der Waals surface area contributed by atoms with E-state index >= 15 is 0 Å². The zero-order valence-electron chi connectivity index (χ0n) is 10.4. The maximum absolute atomic E-state index is 4.01. The summed E-state index contributed by atoms with van der Waals surface area (Å²) in [6.07, 6.45) is 4.76. The zero-order chi connectivity index (χ0) is 12.5. The van der Waals surface area contributed by atoms with Crippen molar-refractivity contribution in [2.24, 2.45) is 0 Å². The Morgan fingerprint density at radius 1 is 0.944 bits per heavy atom. The Labute approximate surface area is 113 Å². The second-order valence-corrected chi connectivity index (χ2v) is 5.19. The molecular weight excluding hydrogens is 240 g/mol. The lowest BCUT2D eigenvalue weighted by Crippen LogP contribution is -2.20. The van der Waals surface area contributed by atoms with Gasteiger partial charge in [0.2, 0.25) is 0 Å². The van der Waals surface area contributed by atoms with Crippen LogP contribution in [0.4, 0.5) is 0 Å². The minimum Gasteiger partial charge on any atom is -0.316 e. The molecular formula is C15H18N2S. The Bertz CT molecular complexity index is 387. The maximum Gasteiger partial charge on any atom is 0.0270 e. The van der Waals surface area contributed by atoms with Crippen LogP contribution in [0.25, 0.3) is 0 Å². The Hall–Kier alpha value is -1.32. The molecule has 2 nitrogen and oxygen atoms in total. The van der Waals surface area contributed by atoms with Crippen LogP contribution in [0.5, 0.6) is 0 Å². The van der Waals surface area contributed by atoms with Gasteiger partial charge in [-0.1, -0.05) is 18.2 Å². The minimum atomic E-state index is 1.03. The quantitative estimate of drug-likeness (QED) is 0.610. The van der Waals surface area contributed by atoms with Crippen molar-refractivity contribution in [3.05, 3.63) is 60.4 Å². The van der Waals surface area contributed by atoms with Crippen molar-refractivity contribution in [1.82, 2.24) is 10.3 Å². The highest BCUT2D eigenvalue weighted by Crippen LogP contribution is 2.15. The SMILES string of the molecule is c1ccc(SCCNCCc2ccncc2)cc1. The van der Waals surface area contributed by atoms with Gasteiger partial charge < -0.3 is 5.32 Å². The summed E-state index contributed by atoms with van der Waals surface area (Å²) in [5, 5.41) is 3.46. The van der Waals surface area contributed by atoms with Crippen LogP contribution in [0.15, 0.2) is 59.8 Å². The first-order chi connectivity index (χ1) is 8.95. The van der Waals surface area contributed by atoms with Gasteiger partial charge in [-0.15, -0.1) is 11.8 Å². The molecule has 0 fully saturated rings. The lowest BCUT2D eigenvalue weighted by atomic mass is 10.2. The summed E-state index contributed by atoms with van der Waals surface area (Å²) in [5.74, 6) is 1.11. The van der Waals surface area contributed by atoms with Crippen LogP contribution in [0.2, 0.25) is 0 Å². The third-order valence-corrected chi connectivity index (χ3v) is 3.64. The van der Waals surface area contributed by atoms with Crippen molar-refractivity contribution in [2.45, 2.75) is 11.3 Å². The molecule has 0 amide bonds. The van der Waals surface area contributed by atoms with Crippen molar-refractivity contribution in [2.75, 3.05) is 18.8 Å². The summed E-state index contributed by atoms with van der Waals surface area (Å²) in [6.45, 7) is 2.07. The highest BCUT2D eigenvalue weighted by Gasteiger charge is 1.94. The van der Waals surface area contributed by atoms with E-state index in [9.17, 15) is 0 Å². The Morgan fingerprint density at radius 2 is 1.72 bits per heavy atom. The third kappa shape index (κ3) is 4.90. The van der Waals surface area contributed by atoms with Crippen molar-refractivity contribution >= 4 is 11.8 Å². The molecule has 1 aromatic carbocycles. The van der Waals surface area contributed by atoms with E-state index < -0.39 is 0 Å². The van der Waals surface area contributed by atoms with Crippen LogP contribution < -0.4 is 5.32 Å². The van der Waals surface area contributed by atoms with Crippen LogP contribution in [0, 0.1) is 0 Å². The van der Waals surface area contributed by atoms with Gasteiger partial charge in [-0.2, -0.15) is 0 Å². The van der Waals surface area contributed by atoms with Gasteiger partial charge in [-0.05, 0) is 42.8 Å². The smallest absolute Gasteiger partial charge is 0.0270 e. The lowest BCUT2D eigenvalue weighted by Gasteiger charge is -2.04. The van der Waals surface area contributed by atoms with E-state index in [-0.39, 0.29) is 0 Å². The molecule has 0 unspecified atom stereocenters. The standard InChI is InChI=1S/C15H18N2S/c1-2-4-15(5-3-1)18-13-12-17-11-8-14-6-9-16-10-7-14/h1-7,9-10,17H,8,11-13H2. The second kappa shape index (κ2) is 7.90. The molecule has 2 aromatic rings. The normalized spacial score (nSPS) is 10.4. The number of aromatic nitrogens is 1. The Kier molecular flexibility index (Phi) is 5.76. The molecule has 0 aliphatic carbocycles. The molecule has 0 aliphatic rings. The number of thioether (sulfide) groups is 1. The highest BCUT2D eigenvalue weighted by molar-refractivity contribution is 7.99. The highest BCUT2D eigenvalue weighted by atomic mass is 32.2. The average Bonchev–Trinajstić information content (AvgIpc) is 2.45. The topological polar surface area (TPSA) is 24.9 Å². The molecule has 94 valence electrons. The first-order valence-corrected chi connectivity index (χ1v) is 7.21. The van der Waals surface area contributed by atoms with Gasteiger partial charge in [0.05, 0.1) is 0 Å². The average molecular weight is 258 g/mol. The fourth-order valence-corrected chi connectivity index (χ4v) is 2.50. The molecule has 1 aromatic heterocycles. The van der Waals surface area contributed by atoms with E-state index in [1.165, 1.54) is 10.5 Å². The summed E-state index contributed by atoms with van der Waals surface area (Å²) in [6, 6.07) is 14.7. The summed E-state index contributed by atoms with van der Waals surface area (Å²) in [4.78, 5) is 5.35. The Balaban J connectivity index is 1.54. The molecule has 0 aliphatic heterocycles. The van der Waals surface area contributed by atoms with Crippen molar-refractivity contribution in [1.29, 1.82) is 0 Å². The molecule has 0 atom stereocenters. The van der Waals surface area contributed by atoms with Crippen molar-refractivity contribution in [3.63, 3.8) is 0 Å². The van der Waals surface area contributed by atoms with Crippen LogP contribution in [-0.2, 0) is 6.42 Å². The zero-order valence-corrected chi connectivity index (χ0v) is 11.2. The molecule has 2 rings (SSSR count). The molecule has 1 N–H and O–H groups in total. The van der Waals surface area contributed by atoms with Gasteiger partial charge >= 0.3 is 0 Å². The second-order valence-electron chi connectivity index (χ2n) is 4.02. The largest absolute Gasteiger partial charge is 0.316 e. The van der Waals surface area contributed by atoms with Gasteiger partial charge in [-0.3, -0.25) is 4.98 Å². The van der Waals surface area contributed by atoms with E-state index in [4.69, 9.17) is 0 Å². The fraction of sp³-hybridized carbons (Fsp3) is 0.267. The van der Waals surface area contributed by atoms with Gasteiger partial charge in [0.15, 0.2) is 0 Å². The fourth-order valence-electron chi connectivity index (χ4n) is 1.66. The number of hydrogen-bond donors (Lipinski definition) is 1. The van der Waals surface area contributed by atoms with E-state index in [0.717, 1.165) is 25.3 Å². The maximum atomic E-state index is 4.01. The number of nitrogens with zero attached hydrogens (tertiary/aromatic N) is 1. The summed E-state index contributed by atoms with van der Waals surface area (Å²) in [5.41, 5.74) is 1.34. The van der Waals surface area contributed by atoms with Crippen LogP contribution in [0.1, 0.15) is 5.56 Å². The monoisotopic (exact) mass is 258 g/mol. The lowest BCUT2D eigenvalue weighted by molar-refractivity contribution is 0.720. The molecule has 0 saturated carbocycles. The summed E-state index contributed by atoms with van der Waals surface area (Å²) in [7, 11) is 0. The molecule has 18 heavy (non-hydrogen) atoms. The predicted octanol–water partition coefficient (Wildman–Crippen LogP) is 3.01. The number of rotatable bonds is 7. The van der Waals surface area contributed by atoms with E-state index in [0.29, 0.717) is 0 Å². The van der Waals surface area contributed by atoms with E-state index in [1.807, 2.05) is 24.2 Å². The van der Waals surface area contributed by atoms with Crippen LogP contribution in [0.3, 0.4) is 0 Å². The van der Waals surface area contributed by atoms with Gasteiger partial charge in [-0.25, -0.2) is 0 Å². The molecule has 0 bridgehead atoms. The van der Waals surface area contributed by atoms with Gasteiger partial charge in [0.1, 0.15) is 0 Å². The van der Waals surface area contributed by atoms with E-state index in [1.54, 1.807) is 0 Å². The number of hydrogen-bond acceptors (Lipinski definition) is 3. The third-order valence-electron chi connectivity index (χ3n) is 2.63. The first kappa shape index (κ1) is 13.1. The van der Waals surface area contributed by atoms with Crippen molar-refractivity contribution < 1.29 is 0 Å². The minimum absolute atomic E-state index is 1.03. The van der Waals surface area contributed by atoms with Crippen molar-refractivity contribution in [3.8, 4) is 0 Å². The number of benzene rings is 1. The summed E-state index contributed by atoms with van der Waals surface area (Å²) >= 11 is 1.89. The van der Waals surface area contributed by atoms with E-state index in [2.05, 4.69) is 52.8 Å². The molecule has 1 heterocycles. The summed E-state index contributed by atoms with van der Waals surface area (Å²) < 4.78 is 0. The Morgan fingerprint density at radius 3 is 2.50 bits per heavy atom. The first-order valence-electron chi connectivity index (χ1n) is 6.22. The molecule has 0 spiro atoms. The molecule has 0 radical (unpaired) electrons. The van der Waals surface area contributed by atoms with Gasteiger partial charge in [0, 0.05) is 29.6 Å². The van der Waals surface area contributed by atoms with Crippen LogP contribution >= 0.6 is 11.8 Å². The van der Waals surface area contributed by atoms with Gasteiger partial charge in [0.25, 0.3) is 0 Å². The molecule has 3 heteroatoms. The number of nitrogens with one attached hydrogen (secondary N) is 1. The van der Waals surface area contributed by atoms with Crippen LogP contribution in [-0.4, -0.2) is 23.8 Å². The molecule has 0 saturated heterocycles. The predicted molar refractivity (Wildman–Crippen MR) is 78.0 cm³/mol.